The van der Waals surface area contributed by atoms with Crippen molar-refractivity contribution >= 4 is 11.0 Å². The summed E-state index contributed by atoms with van der Waals surface area (Å²) in [5.41, 5.74) is 1.78. The maximum Gasteiger partial charge on any atom is 0.133 e. The van der Waals surface area contributed by atoms with Gasteiger partial charge in [-0.05, 0) is 30.7 Å². The van der Waals surface area contributed by atoms with E-state index in [1.165, 1.54) is 0 Å². The first-order valence-electron chi connectivity index (χ1n) is 3.92. The van der Waals surface area contributed by atoms with E-state index in [1.807, 2.05) is 24.3 Å². The second kappa shape index (κ2) is 2.64. The quantitative estimate of drug-likeness (QED) is 0.698. The molecular weight excluding hydrogens is 152 g/mol. The van der Waals surface area contributed by atoms with Gasteiger partial charge in [-0.3, -0.25) is 0 Å². The van der Waals surface area contributed by atoms with Gasteiger partial charge in [-0.2, -0.15) is 0 Å². The summed E-state index contributed by atoms with van der Waals surface area (Å²) in [5.74, 6) is 0. The van der Waals surface area contributed by atoms with Gasteiger partial charge in [0.2, 0.25) is 0 Å². The van der Waals surface area contributed by atoms with Crippen LogP contribution in [0.3, 0.4) is 0 Å². The van der Waals surface area contributed by atoms with Crippen LogP contribution in [0, 0.1) is 0 Å². The van der Waals surface area contributed by atoms with Crippen molar-refractivity contribution in [1.29, 1.82) is 0 Å². The highest BCUT2D eigenvalue weighted by Crippen LogP contribution is 2.20. The molecule has 1 atom stereocenters. The molecule has 2 aromatic rings. The van der Waals surface area contributed by atoms with Crippen molar-refractivity contribution in [3.8, 4) is 0 Å². The van der Waals surface area contributed by atoms with E-state index in [2.05, 4.69) is 0 Å². The summed E-state index contributed by atoms with van der Waals surface area (Å²) < 4.78 is 5.17. The Morgan fingerprint density at radius 2 is 2.17 bits per heavy atom. The van der Waals surface area contributed by atoms with Crippen LogP contribution >= 0.6 is 0 Å². The lowest BCUT2D eigenvalue weighted by Crippen LogP contribution is -1.88. The Hall–Kier alpha value is -1.28. The van der Waals surface area contributed by atoms with Crippen LogP contribution in [0.4, 0.5) is 0 Å². The number of aliphatic hydroxyl groups excluding tert-OH is 1. The molecule has 0 aliphatic carbocycles. The molecule has 2 rings (SSSR count). The zero-order valence-electron chi connectivity index (χ0n) is 6.82. The Labute approximate surface area is 70.4 Å². The van der Waals surface area contributed by atoms with E-state index in [4.69, 9.17) is 4.42 Å². The first-order valence-corrected chi connectivity index (χ1v) is 3.92. The molecule has 2 nitrogen and oxygen atoms in total. The van der Waals surface area contributed by atoms with Crippen LogP contribution < -0.4 is 0 Å². The monoisotopic (exact) mass is 162 g/mol. The third-order valence-electron chi connectivity index (χ3n) is 1.96. The Bertz CT molecular complexity index is 387. The highest BCUT2D eigenvalue weighted by Gasteiger charge is 2.02. The van der Waals surface area contributed by atoms with Crippen molar-refractivity contribution in [3.05, 3.63) is 36.1 Å². The first kappa shape index (κ1) is 7.37. The molecule has 62 valence electrons. The third kappa shape index (κ3) is 1.10. The van der Waals surface area contributed by atoms with Crippen molar-refractivity contribution in [1.82, 2.24) is 0 Å². The zero-order chi connectivity index (χ0) is 8.55. The van der Waals surface area contributed by atoms with Crippen molar-refractivity contribution in [2.75, 3.05) is 0 Å². The molecular formula is C10H10O2. The largest absolute Gasteiger partial charge is 0.464 e. The fourth-order valence-electron chi connectivity index (χ4n) is 1.24. The summed E-state index contributed by atoms with van der Waals surface area (Å²) in [4.78, 5) is 0. The standard InChI is InChI=1S/C10H10O2/c1-7(11)8-2-3-10-9(6-8)4-5-12-10/h2-7,11H,1H3/t7-/m0/s1. The van der Waals surface area contributed by atoms with Crippen molar-refractivity contribution in [2.45, 2.75) is 13.0 Å². The maximum absolute atomic E-state index is 9.29. The Kier molecular flexibility index (Phi) is 1.62. The molecule has 12 heavy (non-hydrogen) atoms. The number of hydrogen-bond donors (Lipinski definition) is 1. The Balaban J connectivity index is 2.60. The fourth-order valence-corrected chi connectivity index (χ4v) is 1.24. The summed E-state index contributed by atoms with van der Waals surface area (Å²) in [6, 6.07) is 7.57. The van der Waals surface area contributed by atoms with Gasteiger partial charge in [0, 0.05) is 5.39 Å². The molecule has 0 amide bonds. The van der Waals surface area contributed by atoms with E-state index in [0.29, 0.717) is 0 Å². The van der Waals surface area contributed by atoms with Crippen LogP contribution in [0.1, 0.15) is 18.6 Å². The molecule has 0 radical (unpaired) electrons. The predicted molar refractivity (Wildman–Crippen MR) is 46.8 cm³/mol. The molecule has 0 fully saturated rings. The number of aliphatic hydroxyl groups is 1. The van der Waals surface area contributed by atoms with Crippen LogP contribution in [0.5, 0.6) is 0 Å². The Morgan fingerprint density at radius 3 is 2.92 bits per heavy atom. The highest BCUT2D eigenvalue weighted by atomic mass is 16.3. The van der Waals surface area contributed by atoms with E-state index in [0.717, 1.165) is 16.5 Å². The van der Waals surface area contributed by atoms with Crippen LogP contribution in [0.15, 0.2) is 34.9 Å². The van der Waals surface area contributed by atoms with E-state index >= 15 is 0 Å². The molecule has 0 spiro atoms. The lowest BCUT2D eigenvalue weighted by molar-refractivity contribution is 0.199. The second-order valence-corrected chi connectivity index (χ2v) is 2.89. The summed E-state index contributed by atoms with van der Waals surface area (Å²) in [6.07, 6.45) is 1.24. The van der Waals surface area contributed by atoms with Gasteiger partial charge in [0.15, 0.2) is 0 Å². The van der Waals surface area contributed by atoms with E-state index in [-0.39, 0.29) is 0 Å². The summed E-state index contributed by atoms with van der Waals surface area (Å²) in [7, 11) is 0. The number of benzene rings is 1. The van der Waals surface area contributed by atoms with Crippen molar-refractivity contribution in [2.24, 2.45) is 0 Å². The van der Waals surface area contributed by atoms with E-state index < -0.39 is 6.10 Å². The van der Waals surface area contributed by atoms with Gasteiger partial charge in [-0.1, -0.05) is 6.07 Å². The van der Waals surface area contributed by atoms with Gasteiger partial charge in [0.25, 0.3) is 0 Å². The van der Waals surface area contributed by atoms with Gasteiger partial charge in [0.05, 0.1) is 12.4 Å². The van der Waals surface area contributed by atoms with Crippen LogP contribution in [0.25, 0.3) is 11.0 Å². The minimum absolute atomic E-state index is 0.413. The molecule has 0 saturated heterocycles. The third-order valence-corrected chi connectivity index (χ3v) is 1.96. The minimum atomic E-state index is -0.413. The average Bonchev–Trinajstić information content (AvgIpc) is 2.49. The van der Waals surface area contributed by atoms with Gasteiger partial charge in [-0.15, -0.1) is 0 Å². The molecule has 0 aliphatic heterocycles. The van der Waals surface area contributed by atoms with Crippen molar-refractivity contribution in [3.63, 3.8) is 0 Å². The number of furan rings is 1. The summed E-state index contributed by atoms with van der Waals surface area (Å²) in [5, 5.41) is 10.3. The predicted octanol–water partition coefficient (Wildman–Crippen LogP) is 2.49. The lowest BCUT2D eigenvalue weighted by Gasteiger charge is -2.02. The van der Waals surface area contributed by atoms with E-state index in [9.17, 15) is 5.11 Å². The van der Waals surface area contributed by atoms with Gasteiger partial charge >= 0.3 is 0 Å². The molecule has 0 saturated carbocycles. The molecule has 2 heteroatoms. The van der Waals surface area contributed by atoms with Gasteiger partial charge < -0.3 is 9.52 Å². The molecule has 1 aromatic heterocycles. The normalized spacial score (nSPS) is 13.5. The summed E-state index contributed by atoms with van der Waals surface area (Å²) in [6.45, 7) is 1.75. The highest BCUT2D eigenvalue weighted by molar-refractivity contribution is 5.77. The van der Waals surface area contributed by atoms with Gasteiger partial charge in [0.1, 0.15) is 5.58 Å². The number of rotatable bonds is 1. The Morgan fingerprint density at radius 1 is 1.33 bits per heavy atom. The minimum Gasteiger partial charge on any atom is -0.464 e. The average molecular weight is 162 g/mol. The number of hydrogen-bond acceptors (Lipinski definition) is 2. The lowest BCUT2D eigenvalue weighted by atomic mass is 10.1. The topological polar surface area (TPSA) is 33.4 Å². The fraction of sp³-hybridized carbons (Fsp3) is 0.200. The maximum atomic E-state index is 9.29. The van der Waals surface area contributed by atoms with Gasteiger partial charge in [-0.25, -0.2) is 0 Å². The molecule has 0 bridgehead atoms. The molecule has 0 aliphatic rings. The number of fused-ring (bicyclic) bond motifs is 1. The first-order chi connectivity index (χ1) is 5.77. The SMILES string of the molecule is C[C@H](O)c1ccc2occc2c1. The molecule has 1 heterocycles. The molecule has 1 N–H and O–H groups in total. The van der Waals surface area contributed by atoms with Crippen LogP contribution in [-0.4, -0.2) is 5.11 Å². The molecule has 0 unspecified atom stereocenters. The van der Waals surface area contributed by atoms with E-state index in [1.54, 1.807) is 13.2 Å². The smallest absolute Gasteiger partial charge is 0.133 e. The molecule has 1 aromatic carbocycles. The van der Waals surface area contributed by atoms with Crippen LogP contribution in [0.2, 0.25) is 0 Å². The van der Waals surface area contributed by atoms with Crippen molar-refractivity contribution < 1.29 is 9.52 Å². The summed E-state index contributed by atoms with van der Waals surface area (Å²) >= 11 is 0. The second-order valence-electron chi connectivity index (χ2n) is 2.89. The zero-order valence-corrected chi connectivity index (χ0v) is 6.82. The van der Waals surface area contributed by atoms with Crippen LogP contribution in [-0.2, 0) is 0 Å².